The highest BCUT2D eigenvalue weighted by molar-refractivity contribution is 5.38. The van der Waals surface area contributed by atoms with E-state index in [1.54, 1.807) is 0 Å². The van der Waals surface area contributed by atoms with Crippen molar-refractivity contribution in [3.8, 4) is 5.88 Å². The highest BCUT2D eigenvalue weighted by Gasteiger charge is 2.22. The molecule has 0 atom stereocenters. The Bertz CT molecular complexity index is 408. The van der Waals surface area contributed by atoms with Crippen molar-refractivity contribution in [2.24, 2.45) is 5.92 Å². The normalized spacial score (nSPS) is 15.6. The lowest BCUT2D eigenvalue weighted by Gasteiger charge is -2.18. The second kappa shape index (κ2) is 5.12. The Hall–Kier alpha value is -1.32. The number of hydrogen-bond donors (Lipinski definition) is 1. The molecule has 0 saturated heterocycles. The fraction of sp³-hybridized carbons (Fsp3) is 0.714. The lowest BCUT2D eigenvalue weighted by Crippen LogP contribution is -2.17. The molecular weight excluding hydrogens is 226 g/mol. The van der Waals surface area contributed by atoms with Gasteiger partial charge in [-0.15, -0.1) is 0 Å². The van der Waals surface area contributed by atoms with Crippen molar-refractivity contribution < 1.29 is 4.74 Å². The van der Waals surface area contributed by atoms with Gasteiger partial charge in [-0.1, -0.05) is 33.6 Å². The Morgan fingerprint density at radius 1 is 1.33 bits per heavy atom. The molecule has 100 valence electrons. The molecule has 1 aromatic rings. The van der Waals surface area contributed by atoms with Gasteiger partial charge in [-0.3, -0.25) is 0 Å². The minimum absolute atomic E-state index is 0.0680. The van der Waals surface area contributed by atoms with E-state index in [-0.39, 0.29) is 5.41 Å². The fourth-order valence-electron chi connectivity index (χ4n) is 1.70. The van der Waals surface area contributed by atoms with Gasteiger partial charge in [0.15, 0.2) is 0 Å². The maximum atomic E-state index is 5.74. The van der Waals surface area contributed by atoms with Crippen molar-refractivity contribution in [1.29, 1.82) is 0 Å². The standard InChI is InChI=1S/C14H23N3O/c1-14(2,3)13-16-11(15-4)9-12(17-13)18-8-7-10-5-6-10/h9-10H,5-8H2,1-4H3,(H,15,16,17). The van der Waals surface area contributed by atoms with Crippen molar-refractivity contribution >= 4 is 5.82 Å². The number of hydrogen-bond acceptors (Lipinski definition) is 4. The Balaban J connectivity index is 2.07. The highest BCUT2D eigenvalue weighted by atomic mass is 16.5. The van der Waals surface area contributed by atoms with E-state index >= 15 is 0 Å². The Morgan fingerprint density at radius 2 is 2.06 bits per heavy atom. The Kier molecular flexibility index (Phi) is 3.73. The highest BCUT2D eigenvalue weighted by Crippen LogP contribution is 2.32. The van der Waals surface area contributed by atoms with E-state index in [1.165, 1.54) is 12.8 Å². The van der Waals surface area contributed by atoms with Gasteiger partial charge in [0.2, 0.25) is 5.88 Å². The monoisotopic (exact) mass is 249 g/mol. The van der Waals surface area contributed by atoms with Gasteiger partial charge in [0.25, 0.3) is 0 Å². The van der Waals surface area contributed by atoms with Crippen LogP contribution in [-0.4, -0.2) is 23.6 Å². The minimum atomic E-state index is -0.0680. The molecule has 4 nitrogen and oxygen atoms in total. The summed E-state index contributed by atoms with van der Waals surface area (Å²) in [6, 6.07) is 1.86. The summed E-state index contributed by atoms with van der Waals surface area (Å²) in [7, 11) is 1.86. The molecule has 0 aromatic carbocycles. The van der Waals surface area contributed by atoms with Gasteiger partial charge in [0.1, 0.15) is 11.6 Å². The molecule has 1 saturated carbocycles. The predicted octanol–water partition coefficient (Wildman–Crippen LogP) is 2.99. The Morgan fingerprint density at radius 3 is 2.61 bits per heavy atom. The summed E-state index contributed by atoms with van der Waals surface area (Å²) in [5.74, 6) is 3.20. The van der Waals surface area contributed by atoms with Crippen LogP contribution in [0.1, 0.15) is 45.9 Å². The molecule has 1 aliphatic carbocycles. The van der Waals surface area contributed by atoms with Crippen molar-refractivity contribution in [1.82, 2.24) is 9.97 Å². The van der Waals surface area contributed by atoms with Crippen LogP contribution >= 0.6 is 0 Å². The summed E-state index contributed by atoms with van der Waals surface area (Å²) < 4.78 is 5.74. The van der Waals surface area contributed by atoms with E-state index in [0.29, 0.717) is 5.88 Å². The molecule has 4 heteroatoms. The maximum absolute atomic E-state index is 5.74. The number of nitrogens with zero attached hydrogens (tertiary/aromatic N) is 2. The number of anilines is 1. The third kappa shape index (κ3) is 3.59. The van der Waals surface area contributed by atoms with E-state index in [1.807, 2.05) is 13.1 Å². The van der Waals surface area contributed by atoms with Crippen LogP contribution in [0, 0.1) is 5.92 Å². The molecule has 0 bridgehead atoms. The van der Waals surface area contributed by atoms with Crippen LogP contribution < -0.4 is 10.1 Å². The first-order chi connectivity index (χ1) is 8.49. The summed E-state index contributed by atoms with van der Waals surface area (Å²) in [5, 5.41) is 3.06. The van der Waals surface area contributed by atoms with Crippen LogP contribution in [0.15, 0.2) is 6.07 Å². The molecule has 1 aromatic heterocycles. The zero-order valence-corrected chi connectivity index (χ0v) is 11.8. The number of nitrogens with one attached hydrogen (secondary N) is 1. The predicted molar refractivity (Wildman–Crippen MR) is 73.1 cm³/mol. The minimum Gasteiger partial charge on any atom is -0.478 e. The third-order valence-electron chi connectivity index (χ3n) is 3.10. The molecule has 1 fully saturated rings. The molecule has 0 aliphatic heterocycles. The van der Waals surface area contributed by atoms with Crippen LogP contribution in [0.5, 0.6) is 5.88 Å². The quantitative estimate of drug-likeness (QED) is 0.871. The average Bonchev–Trinajstić information content (AvgIpc) is 3.11. The first kappa shape index (κ1) is 13.1. The van der Waals surface area contributed by atoms with Crippen LogP contribution in [0.4, 0.5) is 5.82 Å². The lowest BCUT2D eigenvalue weighted by atomic mass is 9.96. The largest absolute Gasteiger partial charge is 0.478 e. The van der Waals surface area contributed by atoms with E-state index in [9.17, 15) is 0 Å². The lowest BCUT2D eigenvalue weighted by molar-refractivity contribution is 0.288. The average molecular weight is 249 g/mol. The zero-order valence-electron chi connectivity index (χ0n) is 11.8. The van der Waals surface area contributed by atoms with Crippen LogP contribution in [0.3, 0.4) is 0 Å². The fourth-order valence-corrected chi connectivity index (χ4v) is 1.70. The number of rotatable bonds is 5. The zero-order chi connectivity index (χ0) is 13.2. The smallest absolute Gasteiger partial charge is 0.218 e. The number of aromatic nitrogens is 2. The molecule has 1 N–H and O–H groups in total. The van der Waals surface area contributed by atoms with Crippen LogP contribution in [0.25, 0.3) is 0 Å². The van der Waals surface area contributed by atoms with E-state index < -0.39 is 0 Å². The van der Waals surface area contributed by atoms with Gasteiger partial charge < -0.3 is 10.1 Å². The SMILES string of the molecule is CNc1cc(OCCC2CC2)nc(C(C)(C)C)n1. The van der Waals surface area contributed by atoms with Gasteiger partial charge >= 0.3 is 0 Å². The second-order valence-electron chi connectivity index (χ2n) is 6.00. The Labute approximate surface area is 109 Å². The summed E-state index contributed by atoms with van der Waals surface area (Å²) >= 11 is 0. The number of ether oxygens (including phenoxy) is 1. The summed E-state index contributed by atoms with van der Waals surface area (Å²) in [6.07, 6.45) is 3.87. The van der Waals surface area contributed by atoms with Gasteiger partial charge in [-0.2, -0.15) is 4.98 Å². The molecule has 18 heavy (non-hydrogen) atoms. The van der Waals surface area contributed by atoms with Crippen molar-refractivity contribution in [2.75, 3.05) is 19.0 Å². The van der Waals surface area contributed by atoms with Gasteiger partial charge in [-0.05, 0) is 12.3 Å². The van der Waals surface area contributed by atoms with E-state index in [2.05, 4.69) is 36.1 Å². The van der Waals surface area contributed by atoms with Crippen LogP contribution in [0.2, 0.25) is 0 Å². The first-order valence-corrected chi connectivity index (χ1v) is 6.69. The molecule has 0 spiro atoms. The van der Waals surface area contributed by atoms with E-state index in [4.69, 9.17) is 4.74 Å². The maximum Gasteiger partial charge on any atom is 0.218 e. The van der Waals surface area contributed by atoms with Crippen molar-refractivity contribution in [3.63, 3.8) is 0 Å². The molecule has 0 radical (unpaired) electrons. The molecule has 1 aliphatic rings. The summed E-state index contributed by atoms with van der Waals surface area (Å²) in [6.45, 7) is 7.08. The van der Waals surface area contributed by atoms with Gasteiger partial charge in [0.05, 0.1) is 6.61 Å². The summed E-state index contributed by atoms with van der Waals surface area (Å²) in [4.78, 5) is 8.97. The first-order valence-electron chi connectivity index (χ1n) is 6.69. The van der Waals surface area contributed by atoms with Gasteiger partial charge in [0, 0.05) is 18.5 Å². The molecule has 0 unspecified atom stereocenters. The topological polar surface area (TPSA) is 47.0 Å². The summed E-state index contributed by atoms with van der Waals surface area (Å²) in [5.41, 5.74) is -0.0680. The second-order valence-corrected chi connectivity index (χ2v) is 6.00. The van der Waals surface area contributed by atoms with Gasteiger partial charge in [-0.25, -0.2) is 4.98 Å². The molecule has 0 amide bonds. The van der Waals surface area contributed by atoms with Crippen molar-refractivity contribution in [3.05, 3.63) is 11.9 Å². The molecule has 2 rings (SSSR count). The van der Waals surface area contributed by atoms with Crippen LogP contribution in [-0.2, 0) is 5.41 Å². The molecular formula is C14H23N3O. The third-order valence-corrected chi connectivity index (χ3v) is 3.10. The van der Waals surface area contributed by atoms with Crippen molar-refractivity contribution in [2.45, 2.75) is 45.4 Å². The molecule has 1 heterocycles. The van der Waals surface area contributed by atoms with E-state index in [0.717, 1.165) is 30.6 Å².